The maximum Gasteiger partial charge on any atom is 0.122 e. The van der Waals surface area contributed by atoms with Gasteiger partial charge in [-0.1, -0.05) is 41.9 Å². The number of ether oxygens (including phenoxy) is 1. The van der Waals surface area contributed by atoms with Gasteiger partial charge in [-0.3, -0.25) is 0 Å². The van der Waals surface area contributed by atoms with Crippen molar-refractivity contribution in [3.05, 3.63) is 64.7 Å². The Kier molecular flexibility index (Phi) is 8.42. The van der Waals surface area contributed by atoms with Gasteiger partial charge in [0.15, 0.2) is 0 Å². The van der Waals surface area contributed by atoms with Crippen molar-refractivity contribution in [2.45, 2.75) is 26.0 Å². The molecule has 2 aromatic carbocycles. The number of rotatable bonds is 7. The van der Waals surface area contributed by atoms with Gasteiger partial charge in [-0.2, -0.15) is 0 Å². The number of aryl methyl sites for hydroxylation is 1. The van der Waals surface area contributed by atoms with Crippen LogP contribution in [0.3, 0.4) is 0 Å². The van der Waals surface area contributed by atoms with Crippen molar-refractivity contribution >= 4 is 24.0 Å². The molecule has 3 nitrogen and oxygen atoms in total. The Balaban J connectivity index is 0.00000264. The van der Waals surface area contributed by atoms with Crippen molar-refractivity contribution in [3.63, 3.8) is 0 Å². The molecule has 0 radical (unpaired) electrons. The lowest BCUT2D eigenvalue weighted by atomic mass is 10.1. The molecule has 0 bridgehead atoms. The van der Waals surface area contributed by atoms with Crippen molar-refractivity contribution in [1.82, 2.24) is 5.32 Å². The first-order chi connectivity index (χ1) is 10.6. The van der Waals surface area contributed by atoms with Crippen LogP contribution in [0.15, 0.2) is 48.5 Å². The summed E-state index contributed by atoms with van der Waals surface area (Å²) in [5, 5.41) is 14.1. The summed E-state index contributed by atoms with van der Waals surface area (Å²) in [6.45, 7) is 4.78. The summed E-state index contributed by atoms with van der Waals surface area (Å²) in [6, 6.07) is 15.6. The number of aliphatic hydroxyl groups is 1. The summed E-state index contributed by atoms with van der Waals surface area (Å²) < 4.78 is 5.64. The van der Waals surface area contributed by atoms with Crippen LogP contribution in [-0.2, 0) is 0 Å². The van der Waals surface area contributed by atoms with Crippen LogP contribution in [-0.4, -0.2) is 24.4 Å². The van der Waals surface area contributed by atoms with Gasteiger partial charge in [0.2, 0.25) is 0 Å². The van der Waals surface area contributed by atoms with Crippen LogP contribution in [0.1, 0.15) is 24.1 Å². The van der Waals surface area contributed by atoms with Crippen LogP contribution >= 0.6 is 24.0 Å². The SMILES string of the molecule is Cc1ccccc1OCC(O)CNC(C)c1ccc(Cl)cc1.Cl. The summed E-state index contributed by atoms with van der Waals surface area (Å²) in [7, 11) is 0. The highest BCUT2D eigenvalue weighted by atomic mass is 35.5. The molecular formula is C18H23Cl2NO2. The third-order valence-electron chi connectivity index (χ3n) is 3.55. The Bertz CT molecular complexity index is 590. The number of benzene rings is 2. The lowest BCUT2D eigenvalue weighted by Gasteiger charge is -2.18. The molecular weight excluding hydrogens is 333 g/mol. The largest absolute Gasteiger partial charge is 0.491 e. The lowest BCUT2D eigenvalue weighted by Crippen LogP contribution is -2.33. The van der Waals surface area contributed by atoms with Crippen molar-refractivity contribution in [2.24, 2.45) is 0 Å². The summed E-state index contributed by atoms with van der Waals surface area (Å²) in [4.78, 5) is 0. The average Bonchev–Trinajstić information content (AvgIpc) is 2.52. The van der Waals surface area contributed by atoms with Gasteiger partial charge in [0.05, 0.1) is 0 Å². The topological polar surface area (TPSA) is 41.5 Å². The van der Waals surface area contributed by atoms with Gasteiger partial charge in [-0.05, 0) is 43.2 Å². The molecule has 0 heterocycles. The zero-order chi connectivity index (χ0) is 15.9. The van der Waals surface area contributed by atoms with E-state index in [-0.39, 0.29) is 25.1 Å². The van der Waals surface area contributed by atoms with Crippen LogP contribution in [0, 0.1) is 6.92 Å². The van der Waals surface area contributed by atoms with E-state index in [1.807, 2.05) is 55.5 Å². The minimum atomic E-state index is -0.561. The molecule has 5 heteroatoms. The number of hydrogen-bond acceptors (Lipinski definition) is 3. The van der Waals surface area contributed by atoms with E-state index < -0.39 is 6.10 Å². The molecule has 0 aliphatic heterocycles. The van der Waals surface area contributed by atoms with Gasteiger partial charge >= 0.3 is 0 Å². The zero-order valence-corrected chi connectivity index (χ0v) is 14.9. The standard InChI is InChI=1S/C18H22ClNO2.ClH/c1-13-5-3-4-6-18(13)22-12-17(21)11-20-14(2)15-7-9-16(19)10-8-15;/h3-10,14,17,20-21H,11-12H2,1-2H3;1H. The first kappa shape index (κ1) is 19.8. The van der Waals surface area contributed by atoms with Gasteiger partial charge in [0, 0.05) is 17.6 Å². The molecule has 0 saturated carbocycles. The van der Waals surface area contributed by atoms with E-state index in [0.717, 1.165) is 21.9 Å². The minimum absolute atomic E-state index is 0. The second-order valence-corrected chi connectivity index (χ2v) is 5.85. The van der Waals surface area contributed by atoms with E-state index in [2.05, 4.69) is 12.2 Å². The summed E-state index contributed by atoms with van der Waals surface area (Å²) >= 11 is 5.88. The summed E-state index contributed by atoms with van der Waals surface area (Å²) in [5.74, 6) is 0.812. The third kappa shape index (κ3) is 6.40. The Labute approximate surface area is 149 Å². The molecule has 2 rings (SSSR count). The first-order valence-electron chi connectivity index (χ1n) is 7.41. The molecule has 0 amide bonds. The van der Waals surface area contributed by atoms with Gasteiger partial charge in [-0.15, -0.1) is 12.4 Å². The zero-order valence-electron chi connectivity index (χ0n) is 13.3. The van der Waals surface area contributed by atoms with Crippen molar-refractivity contribution in [1.29, 1.82) is 0 Å². The van der Waals surface area contributed by atoms with E-state index in [9.17, 15) is 5.11 Å². The van der Waals surface area contributed by atoms with E-state index in [1.54, 1.807) is 0 Å². The van der Waals surface area contributed by atoms with Gasteiger partial charge in [-0.25, -0.2) is 0 Å². The maximum atomic E-state index is 10.0. The van der Waals surface area contributed by atoms with E-state index in [4.69, 9.17) is 16.3 Å². The van der Waals surface area contributed by atoms with Crippen LogP contribution in [0.5, 0.6) is 5.75 Å². The fourth-order valence-electron chi connectivity index (χ4n) is 2.15. The molecule has 2 N–H and O–H groups in total. The highest BCUT2D eigenvalue weighted by Crippen LogP contribution is 2.17. The predicted octanol–water partition coefficient (Wildman–Crippen LogP) is 4.16. The quantitative estimate of drug-likeness (QED) is 0.783. The molecule has 0 aliphatic rings. The van der Waals surface area contributed by atoms with Crippen LogP contribution < -0.4 is 10.1 Å². The molecule has 2 atom stereocenters. The number of para-hydroxylation sites is 1. The molecule has 0 aromatic heterocycles. The highest BCUT2D eigenvalue weighted by molar-refractivity contribution is 6.30. The molecule has 0 saturated heterocycles. The van der Waals surface area contributed by atoms with Gasteiger partial charge < -0.3 is 15.2 Å². The van der Waals surface area contributed by atoms with Crippen molar-refractivity contribution in [2.75, 3.05) is 13.2 Å². The second kappa shape index (κ2) is 9.78. The first-order valence-corrected chi connectivity index (χ1v) is 7.79. The monoisotopic (exact) mass is 355 g/mol. The Morgan fingerprint density at radius 1 is 1.13 bits per heavy atom. The van der Waals surface area contributed by atoms with Crippen molar-refractivity contribution in [3.8, 4) is 5.75 Å². The summed E-state index contributed by atoms with van der Waals surface area (Å²) in [5.41, 5.74) is 2.20. The maximum absolute atomic E-state index is 10.0. The van der Waals surface area contributed by atoms with E-state index in [0.29, 0.717) is 6.54 Å². The number of hydrogen-bond donors (Lipinski definition) is 2. The molecule has 23 heavy (non-hydrogen) atoms. The Hall–Kier alpha value is -1.26. The van der Waals surface area contributed by atoms with E-state index in [1.165, 1.54) is 0 Å². The predicted molar refractivity (Wildman–Crippen MR) is 97.8 cm³/mol. The Morgan fingerprint density at radius 2 is 1.78 bits per heavy atom. The van der Waals surface area contributed by atoms with E-state index >= 15 is 0 Å². The van der Waals surface area contributed by atoms with Gasteiger partial charge in [0.1, 0.15) is 18.5 Å². The lowest BCUT2D eigenvalue weighted by molar-refractivity contribution is 0.104. The van der Waals surface area contributed by atoms with Gasteiger partial charge in [0.25, 0.3) is 0 Å². The fraction of sp³-hybridized carbons (Fsp3) is 0.333. The van der Waals surface area contributed by atoms with Crippen molar-refractivity contribution < 1.29 is 9.84 Å². The third-order valence-corrected chi connectivity index (χ3v) is 3.81. The van der Waals surface area contributed by atoms with Crippen LogP contribution in [0.4, 0.5) is 0 Å². The molecule has 0 spiro atoms. The molecule has 2 aromatic rings. The average molecular weight is 356 g/mol. The smallest absolute Gasteiger partial charge is 0.122 e. The Morgan fingerprint density at radius 3 is 2.43 bits per heavy atom. The fourth-order valence-corrected chi connectivity index (χ4v) is 2.27. The molecule has 2 unspecified atom stereocenters. The number of halogens is 2. The van der Waals surface area contributed by atoms with Crippen LogP contribution in [0.2, 0.25) is 5.02 Å². The summed E-state index contributed by atoms with van der Waals surface area (Å²) in [6.07, 6.45) is -0.561. The normalized spacial score (nSPS) is 13.0. The number of nitrogens with one attached hydrogen (secondary N) is 1. The second-order valence-electron chi connectivity index (χ2n) is 5.41. The molecule has 0 fully saturated rings. The number of aliphatic hydroxyl groups excluding tert-OH is 1. The minimum Gasteiger partial charge on any atom is -0.491 e. The van der Waals surface area contributed by atoms with Crippen LogP contribution in [0.25, 0.3) is 0 Å². The highest BCUT2D eigenvalue weighted by Gasteiger charge is 2.10. The molecule has 126 valence electrons. The molecule has 0 aliphatic carbocycles.